The van der Waals surface area contributed by atoms with Gasteiger partial charge in [0.25, 0.3) is 0 Å². The van der Waals surface area contributed by atoms with Crippen molar-refractivity contribution in [2.75, 3.05) is 59.7 Å². The van der Waals surface area contributed by atoms with E-state index in [-0.39, 0.29) is 109 Å². The first kappa shape index (κ1) is 82.4. The van der Waals surface area contributed by atoms with E-state index in [9.17, 15) is 48.3 Å². The average molecular weight is 1400 g/mol. The number of aromatic amines is 1. The Morgan fingerprint density at radius 3 is 1.99 bits per heavy atom. The smallest absolute Gasteiger partial charge is 0.303 e. The van der Waals surface area contributed by atoms with Gasteiger partial charge in [0.05, 0.1) is 25.9 Å². The van der Waals surface area contributed by atoms with Crippen molar-refractivity contribution >= 4 is 76.0 Å². The molecule has 3 aromatic rings. The lowest BCUT2D eigenvalue weighted by Crippen LogP contribution is -2.60. The van der Waals surface area contributed by atoms with Crippen LogP contribution in [0.4, 0.5) is 0 Å². The van der Waals surface area contributed by atoms with Crippen LogP contribution in [0.3, 0.4) is 0 Å². The van der Waals surface area contributed by atoms with Crippen molar-refractivity contribution in [1.82, 2.24) is 57.7 Å². The number of rotatable bonds is 39. The maximum atomic E-state index is 15.1. The zero-order valence-electron chi connectivity index (χ0n) is 58.5. The number of amides is 9. The number of H-pyrrole nitrogens is 1. The number of guanidine groups is 1. The Labute approximate surface area is 587 Å². The van der Waals surface area contributed by atoms with Gasteiger partial charge in [-0.15, -0.1) is 0 Å². The standard InChI is InChI=1S/C71H112N14O15/c1-3-4-28-54(79-61(88)47-100-41-40-99-39-38-75-60(87)32-18-13-11-9-7-5-6-8-10-12-14-19-33-63(89)90)65(92)82-56-34-35-62(98-2)76-36-23-22-30-53(64(72)91)80-68(95)58(43-49-45-78-52-29-21-20-27-51(49)52)83-66(93)55(31-24-37-77-71(73)74)81-67(94)57(42-48-25-16-15-17-26-48)84-69(96)59-44-50(86)46-85(59)70(56)97/h15-17,20-21,25-27,29,45,50,53-59,62,76,78,86H,3-14,18-19,22-24,28,30-44,46-47H2,1-2H3,(H2,72,91)(H,75,87)(H,79,88)(H,80,95)(H,81,94)(H,82,92)(H,83,93)(H,84,96)(H,89,90)(H4,73,74,77)/t50-,53?,54+,55+,56+,57-,58+,59?,62?/m1/s1. The molecule has 100 heavy (non-hydrogen) atoms. The van der Waals surface area contributed by atoms with E-state index in [0.717, 1.165) is 62.3 Å². The first-order valence-corrected chi connectivity index (χ1v) is 35.9. The largest absolute Gasteiger partial charge is 0.481 e. The third-order valence-corrected chi connectivity index (χ3v) is 17.9. The molecule has 5 rings (SSSR count). The number of benzene rings is 2. The zero-order valence-corrected chi connectivity index (χ0v) is 58.5. The number of carbonyl (C=O) groups is 10. The fraction of sp³-hybridized carbons (Fsp3) is 0.648. The number of aromatic nitrogens is 1. The number of para-hydroxylation sites is 1. The number of primary amides is 1. The maximum Gasteiger partial charge on any atom is 0.303 e. The van der Waals surface area contributed by atoms with Gasteiger partial charge in [-0.05, 0) is 87.9 Å². The average Bonchev–Trinajstić information content (AvgIpc) is 1.64. The molecule has 2 aliphatic rings. The molecule has 0 bridgehead atoms. The van der Waals surface area contributed by atoms with Gasteiger partial charge in [0.1, 0.15) is 55.1 Å². The SMILES string of the molecule is CCCC[C@H](NC(=O)COCCOCCNC(=O)CCCCCCCCCCCCCCC(=O)O)C(=O)N[C@H]1CCC(OC)NCCCCC(C(N)=O)NC(=O)[C@H](Cc2c[nH]c3ccccc23)NC(=O)[C@H](CCCNC(=N)N)NC(=O)[C@@H](Cc2ccccc2)NC(=O)C2C[C@@H](O)CN2C1=O. The summed E-state index contributed by atoms with van der Waals surface area (Å²) in [5.41, 5.74) is 13.5. The van der Waals surface area contributed by atoms with E-state index in [1.54, 1.807) is 36.5 Å². The van der Waals surface area contributed by atoms with Crippen LogP contribution in [0.25, 0.3) is 10.9 Å². The molecule has 3 heterocycles. The van der Waals surface area contributed by atoms with Crippen LogP contribution >= 0.6 is 0 Å². The highest BCUT2D eigenvalue weighted by Gasteiger charge is 2.43. The van der Waals surface area contributed by atoms with Gasteiger partial charge in [0.2, 0.25) is 53.2 Å². The number of aliphatic carboxylic acids is 1. The second-order valence-electron chi connectivity index (χ2n) is 26.0. The van der Waals surface area contributed by atoms with E-state index in [4.69, 9.17) is 36.2 Å². The Morgan fingerprint density at radius 1 is 0.680 bits per heavy atom. The molecule has 9 amide bonds. The number of hydrogen-bond acceptors (Lipinski definition) is 16. The van der Waals surface area contributed by atoms with Crippen LogP contribution in [0, 0.1) is 5.41 Å². The summed E-state index contributed by atoms with van der Waals surface area (Å²) in [7, 11) is 1.46. The summed E-state index contributed by atoms with van der Waals surface area (Å²) < 4.78 is 17.0. The number of ether oxygens (including phenoxy) is 3. The van der Waals surface area contributed by atoms with Crippen molar-refractivity contribution in [3.63, 3.8) is 0 Å². The fourth-order valence-corrected chi connectivity index (χ4v) is 12.3. The van der Waals surface area contributed by atoms with Crippen LogP contribution in [0.1, 0.15) is 179 Å². The Kier molecular flexibility index (Phi) is 38.7. The van der Waals surface area contributed by atoms with Gasteiger partial charge < -0.3 is 88.3 Å². The molecule has 29 nitrogen and oxygen atoms in total. The van der Waals surface area contributed by atoms with Crippen LogP contribution in [-0.2, 0) is 75.0 Å². The molecule has 9 atom stereocenters. The van der Waals surface area contributed by atoms with E-state index in [0.29, 0.717) is 56.3 Å². The minimum atomic E-state index is -1.41. The minimum Gasteiger partial charge on any atom is -0.481 e. The second-order valence-corrected chi connectivity index (χ2v) is 26.0. The van der Waals surface area contributed by atoms with Crippen LogP contribution in [0.5, 0.6) is 0 Å². The van der Waals surface area contributed by atoms with Crippen molar-refractivity contribution in [2.24, 2.45) is 11.5 Å². The Morgan fingerprint density at radius 2 is 1.31 bits per heavy atom. The quantitative estimate of drug-likeness (QED) is 0.0222. The zero-order chi connectivity index (χ0) is 72.4. The molecule has 556 valence electrons. The molecule has 0 radical (unpaired) electrons. The van der Waals surface area contributed by atoms with E-state index in [1.807, 2.05) is 31.2 Å². The van der Waals surface area contributed by atoms with Crippen LogP contribution in [0.2, 0.25) is 0 Å². The summed E-state index contributed by atoms with van der Waals surface area (Å²) >= 11 is 0. The summed E-state index contributed by atoms with van der Waals surface area (Å²) in [6.07, 6.45) is 15.2. The number of fused-ring (bicyclic) bond motifs is 2. The predicted molar refractivity (Wildman–Crippen MR) is 377 cm³/mol. The number of carboxylic acids is 1. The number of aliphatic hydroxyl groups is 1. The number of nitrogens with one attached hydrogen (secondary N) is 11. The highest BCUT2D eigenvalue weighted by Crippen LogP contribution is 2.24. The predicted octanol–water partition coefficient (Wildman–Crippen LogP) is 2.98. The number of hydrogen-bond donors (Lipinski definition) is 15. The number of aliphatic hydroxyl groups excluding tert-OH is 1. The minimum absolute atomic E-state index is 0.0417. The summed E-state index contributed by atoms with van der Waals surface area (Å²) in [5.74, 6) is -7.10. The van der Waals surface area contributed by atoms with Gasteiger partial charge in [0.15, 0.2) is 5.96 Å². The molecule has 29 heteroatoms. The summed E-state index contributed by atoms with van der Waals surface area (Å²) in [5, 5.41) is 54.1. The maximum absolute atomic E-state index is 15.1. The van der Waals surface area contributed by atoms with Gasteiger partial charge in [0, 0.05) is 75.9 Å². The summed E-state index contributed by atoms with van der Waals surface area (Å²) in [4.78, 5) is 142. The van der Waals surface area contributed by atoms with Crippen molar-refractivity contribution in [3.05, 3.63) is 71.9 Å². The highest BCUT2D eigenvalue weighted by atomic mass is 16.5. The van der Waals surface area contributed by atoms with Crippen molar-refractivity contribution < 1.29 is 72.4 Å². The Balaban J connectivity index is 1.25. The Hall–Kier alpha value is -8.25. The van der Waals surface area contributed by atoms with Crippen LogP contribution in [-0.4, -0.2) is 200 Å². The molecule has 0 saturated carbocycles. The number of unbranched alkanes of at least 4 members (excludes halogenated alkanes) is 12. The van der Waals surface area contributed by atoms with Gasteiger partial charge in [-0.2, -0.15) is 0 Å². The van der Waals surface area contributed by atoms with Crippen LogP contribution in [0.15, 0.2) is 60.8 Å². The van der Waals surface area contributed by atoms with Gasteiger partial charge >= 0.3 is 5.97 Å². The molecular formula is C71H112N14O15. The number of nitrogens with two attached hydrogens (primary N) is 2. The first-order valence-electron chi connectivity index (χ1n) is 35.9. The molecule has 0 spiro atoms. The number of carboxylic acid groups (broad SMARTS) is 1. The van der Waals surface area contributed by atoms with Gasteiger partial charge in [-0.1, -0.05) is 133 Å². The molecule has 0 aliphatic carbocycles. The van der Waals surface area contributed by atoms with Crippen molar-refractivity contribution in [2.45, 2.75) is 235 Å². The number of methoxy groups -OCH3 is 1. The molecule has 2 aliphatic heterocycles. The van der Waals surface area contributed by atoms with E-state index >= 15 is 4.79 Å². The third-order valence-electron chi connectivity index (χ3n) is 17.9. The van der Waals surface area contributed by atoms with E-state index in [2.05, 4.69) is 52.8 Å². The monoisotopic (exact) mass is 1400 g/mol. The molecule has 2 saturated heterocycles. The molecule has 1 aromatic heterocycles. The third kappa shape index (κ3) is 31.5. The lowest BCUT2D eigenvalue weighted by Gasteiger charge is -2.31. The second kappa shape index (κ2) is 47.0. The molecular weight excluding hydrogens is 1290 g/mol. The molecule has 2 aromatic carbocycles. The number of nitrogens with zero attached hydrogens (tertiary/aromatic N) is 1. The van der Waals surface area contributed by atoms with Crippen molar-refractivity contribution in [1.29, 1.82) is 5.41 Å². The first-order chi connectivity index (χ1) is 48.3. The Bertz CT molecular complexity index is 3030. The topological polar surface area (TPSA) is 442 Å². The molecule has 17 N–H and O–H groups in total. The van der Waals surface area contributed by atoms with Gasteiger partial charge in [-0.3, -0.25) is 58.7 Å². The fourth-order valence-electron chi connectivity index (χ4n) is 12.3. The van der Waals surface area contributed by atoms with Crippen molar-refractivity contribution in [3.8, 4) is 0 Å². The number of carbonyl (C=O) groups excluding carboxylic acids is 9. The molecule has 3 unspecified atom stereocenters. The highest BCUT2D eigenvalue weighted by molar-refractivity contribution is 5.98. The van der Waals surface area contributed by atoms with E-state index < -0.39 is 114 Å². The molecule has 2 fully saturated rings. The van der Waals surface area contributed by atoms with Crippen LogP contribution < -0.4 is 59.3 Å². The normalized spacial score (nSPS) is 21.1. The lowest BCUT2D eigenvalue weighted by molar-refractivity contribution is -0.143. The van der Waals surface area contributed by atoms with E-state index in [1.165, 1.54) is 37.7 Å². The lowest BCUT2D eigenvalue weighted by atomic mass is 10.0. The summed E-state index contributed by atoms with van der Waals surface area (Å²) in [6, 6.07) is 7.01. The summed E-state index contributed by atoms with van der Waals surface area (Å²) in [6.45, 7) is 2.34. The van der Waals surface area contributed by atoms with Gasteiger partial charge in [-0.25, -0.2) is 0 Å².